The molecule has 3 heteroatoms. The van der Waals surface area contributed by atoms with Crippen molar-refractivity contribution in [3.8, 4) is 5.75 Å². The number of benzene rings is 2. The lowest BCUT2D eigenvalue weighted by molar-refractivity contribution is -0.118. The number of carbonyl (C=O) groups is 1. The lowest BCUT2D eigenvalue weighted by atomic mass is 10.0. The van der Waals surface area contributed by atoms with Crippen molar-refractivity contribution >= 4 is 16.7 Å². The Morgan fingerprint density at radius 3 is 2.91 bits per heavy atom. The molecule has 0 radical (unpaired) electrons. The largest absolute Gasteiger partial charge is 0.493 e. The van der Waals surface area contributed by atoms with Gasteiger partial charge < -0.3 is 10.1 Å². The van der Waals surface area contributed by atoms with E-state index in [2.05, 4.69) is 41.7 Å². The van der Waals surface area contributed by atoms with Crippen molar-refractivity contribution in [1.29, 1.82) is 0 Å². The van der Waals surface area contributed by atoms with Crippen LogP contribution in [0.3, 0.4) is 0 Å². The van der Waals surface area contributed by atoms with E-state index in [0.717, 1.165) is 37.7 Å². The van der Waals surface area contributed by atoms with Gasteiger partial charge >= 0.3 is 0 Å². The van der Waals surface area contributed by atoms with Gasteiger partial charge in [0.05, 0.1) is 6.61 Å². The van der Waals surface area contributed by atoms with Crippen molar-refractivity contribution < 1.29 is 9.53 Å². The first-order chi connectivity index (χ1) is 10.7. The number of fused-ring (bicyclic) bond motifs is 1. The quantitative estimate of drug-likeness (QED) is 0.791. The minimum Gasteiger partial charge on any atom is -0.493 e. The number of aryl methyl sites for hydroxylation is 1. The van der Waals surface area contributed by atoms with Crippen LogP contribution in [0.2, 0.25) is 0 Å². The fraction of sp³-hybridized carbons (Fsp3) is 0.421. The third-order valence-corrected chi connectivity index (χ3v) is 4.12. The molecular weight excluding hydrogens is 274 g/mol. The molecule has 1 aliphatic carbocycles. The van der Waals surface area contributed by atoms with Gasteiger partial charge in [-0.15, -0.1) is 0 Å². The van der Waals surface area contributed by atoms with Gasteiger partial charge in [-0.05, 0) is 60.1 Å². The molecule has 1 N–H and O–H groups in total. The third-order valence-electron chi connectivity index (χ3n) is 4.12. The first-order valence-corrected chi connectivity index (χ1v) is 8.11. The molecule has 0 aliphatic heterocycles. The number of amides is 1. The Balaban J connectivity index is 1.70. The van der Waals surface area contributed by atoms with E-state index in [9.17, 15) is 4.79 Å². The van der Waals surface area contributed by atoms with E-state index in [-0.39, 0.29) is 5.91 Å². The second kappa shape index (κ2) is 6.82. The zero-order chi connectivity index (χ0) is 15.4. The summed E-state index contributed by atoms with van der Waals surface area (Å²) in [5, 5.41) is 5.36. The Labute approximate surface area is 131 Å². The smallest absolute Gasteiger partial charge is 0.216 e. The molecule has 2 aromatic rings. The second-order valence-corrected chi connectivity index (χ2v) is 6.14. The van der Waals surface area contributed by atoms with Crippen LogP contribution in [0.5, 0.6) is 5.75 Å². The summed E-state index contributed by atoms with van der Waals surface area (Å²) in [6.45, 7) is 3.13. The van der Waals surface area contributed by atoms with E-state index in [1.807, 2.05) is 0 Å². The summed E-state index contributed by atoms with van der Waals surface area (Å²) in [5.74, 6) is 1.77. The topological polar surface area (TPSA) is 38.3 Å². The van der Waals surface area contributed by atoms with E-state index < -0.39 is 0 Å². The molecule has 0 spiro atoms. The van der Waals surface area contributed by atoms with Gasteiger partial charge in [0.25, 0.3) is 0 Å². The van der Waals surface area contributed by atoms with Crippen molar-refractivity contribution in [2.75, 3.05) is 13.2 Å². The van der Waals surface area contributed by atoms with E-state index in [1.54, 1.807) is 6.92 Å². The van der Waals surface area contributed by atoms with E-state index in [0.29, 0.717) is 0 Å². The summed E-state index contributed by atoms with van der Waals surface area (Å²) in [4.78, 5) is 10.9. The molecule has 3 nitrogen and oxygen atoms in total. The van der Waals surface area contributed by atoms with Crippen LogP contribution in [0.15, 0.2) is 36.4 Å². The third kappa shape index (κ3) is 4.00. The highest BCUT2D eigenvalue weighted by molar-refractivity contribution is 5.87. The van der Waals surface area contributed by atoms with Crippen LogP contribution in [0.1, 0.15) is 31.7 Å². The number of hydrogen-bond donors (Lipinski definition) is 1. The number of ether oxygens (including phenoxy) is 1. The van der Waals surface area contributed by atoms with Crippen LogP contribution in [-0.4, -0.2) is 19.1 Å². The van der Waals surface area contributed by atoms with Gasteiger partial charge in [-0.1, -0.05) is 24.3 Å². The maximum Gasteiger partial charge on any atom is 0.216 e. The van der Waals surface area contributed by atoms with Gasteiger partial charge in [0.1, 0.15) is 5.75 Å². The van der Waals surface area contributed by atoms with Crippen LogP contribution < -0.4 is 10.1 Å². The SMILES string of the molecule is CC(=O)NCCCc1cccc2ccc(OCC3CC3)cc12. The van der Waals surface area contributed by atoms with Gasteiger partial charge in [0, 0.05) is 13.5 Å². The highest BCUT2D eigenvalue weighted by Gasteiger charge is 2.21. The fourth-order valence-electron chi connectivity index (χ4n) is 2.67. The van der Waals surface area contributed by atoms with E-state index in [1.165, 1.54) is 29.2 Å². The maximum atomic E-state index is 10.9. The second-order valence-electron chi connectivity index (χ2n) is 6.14. The first kappa shape index (κ1) is 14.9. The normalized spacial score (nSPS) is 14.0. The highest BCUT2D eigenvalue weighted by Crippen LogP contribution is 2.31. The van der Waals surface area contributed by atoms with Crippen molar-refractivity contribution in [3.05, 3.63) is 42.0 Å². The summed E-state index contributed by atoms with van der Waals surface area (Å²) in [6.07, 6.45) is 4.53. The molecule has 0 aromatic heterocycles. The lowest BCUT2D eigenvalue weighted by Crippen LogP contribution is -2.21. The van der Waals surface area contributed by atoms with Crippen molar-refractivity contribution in [3.63, 3.8) is 0 Å². The van der Waals surface area contributed by atoms with Crippen LogP contribution >= 0.6 is 0 Å². The van der Waals surface area contributed by atoms with Crippen LogP contribution in [-0.2, 0) is 11.2 Å². The fourth-order valence-corrected chi connectivity index (χ4v) is 2.67. The molecule has 3 rings (SSSR count). The number of nitrogens with one attached hydrogen (secondary N) is 1. The molecule has 1 aliphatic rings. The van der Waals surface area contributed by atoms with Gasteiger partial charge in [0.15, 0.2) is 0 Å². The highest BCUT2D eigenvalue weighted by atomic mass is 16.5. The Kier molecular flexibility index (Phi) is 4.62. The summed E-state index contributed by atoms with van der Waals surface area (Å²) in [7, 11) is 0. The molecule has 0 atom stereocenters. The molecule has 1 amide bonds. The minimum atomic E-state index is 0.0358. The average Bonchev–Trinajstić information content (AvgIpc) is 3.33. The standard InChI is InChI=1S/C19H23NO2/c1-14(21)20-11-3-6-16-4-2-5-17-9-10-18(12-19(16)17)22-13-15-7-8-15/h2,4-5,9-10,12,15H,3,6-8,11,13H2,1H3,(H,20,21). The molecule has 1 fully saturated rings. The molecule has 0 heterocycles. The molecule has 2 aromatic carbocycles. The van der Waals surface area contributed by atoms with E-state index >= 15 is 0 Å². The predicted molar refractivity (Wildman–Crippen MR) is 89.2 cm³/mol. The molecule has 1 saturated carbocycles. The van der Waals surface area contributed by atoms with Gasteiger partial charge in [-0.25, -0.2) is 0 Å². The molecule has 116 valence electrons. The lowest BCUT2D eigenvalue weighted by Gasteiger charge is -2.10. The van der Waals surface area contributed by atoms with Crippen molar-refractivity contribution in [2.24, 2.45) is 5.92 Å². The Morgan fingerprint density at radius 2 is 2.14 bits per heavy atom. The van der Waals surface area contributed by atoms with Crippen LogP contribution in [0.25, 0.3) is 10.8 Å². The van der Waals surface area contributed by atoms with Gasteiger partial charge in [-0.3, -0.25) is 4.79 Å². The number of hydrogen-bond acceptors (Lipinski definition) is 2. The monoisotopic (exact) mass is 297 g/mol. The molecular formula is C19H23NO2. The summed E-state index contributed by atoms with van der Waals surface area (Å²) in [6, 6.07) is 12.8. The number of carbonyl (C=O) groups excluding carboxylic acids is 1. The van der Waals surface area contributed by atoms with Gasteiger partial charge in [-0.2, -0.15) is 0 Å². The Morgan fingerprint density at radius 1 is 1.27 bits per heavy atom. The van der Waals surface area contributed by atoms with Crippen LogP contribution in [0, 0.1) is 5.92 Å². The maximum absolute atomic E-state index is 10.9. The summed E-state index contributed by atoms with van der Waals surface area (Å²) >= 11 is 0. The van der Waals surface area contributed by atoms with Crippen LogP contribution in [0.4, 0.5) is 0 Å². The zero-order valence-corrected chi connectivity index (χ0v) is 13.1. The molecule has 0 saturated heterocycles. The number of rotatable bonds is 7. The molecule has 0 bridgehead atoms. The Hall–Kier alpha value is -2.03. The minimum absolute atomic E-state index is 0.0358. The Bertz CT molecular complexity index is 662. The van der Waals surface area contributed by atoms with Crippen molar-refractivity contribution in [1.82, 2.24) is 5.32 Å². The zero-order valence-electron chi connectivity index (χ0n) is 13.1. The van der Waals surface area contributed by atoms with Gasteiger partial charge in [0.2, 0.25) is 5.91 Å². The average molecular weight is 297 g/mol. The van der Waals surface area contributed by atoms with E-state index in [4.69, 9.17) is 4.74 Å². The summed E-state index contributed by atoms with van der Waals surface area (Å²) < 4.78 is 5.89. The predicted octanol–water partition coefficient (Wildman–Crippen LogP) is 3.70. The first-order valence-electron chi connectivity index (χ1n) is 8.11. The molecule has 22 heavy (non-hydrogen) atoms. The van der Waals surface area contributed by atoms with Crippen molar-refractivity contribution in [2.45, 2.75) is 32.6 Å². The molecule has 0 unspecified atom stereocenters. The summed E-state index contributed by atoms with van der Waals surface area (Å²) in [5.41, 5.74) is 1.32.